The van der Waals surface area contributed by atoms with Crippen LogP contribution in [0.5, 0.6) is 0 Å². The molecule has 0 aromatic heterocycles. The third-order valence-corrected chi connectivity index (χ3v) is 6.15. The fourth-order valence-corrected chi connectivity index (χ4v) is 4.56. The van der Waals surface area contributed by atoms with Crippen molar-refractivity contribution in [2.24, 2.45) is 5.41 Å². The summed E-state index contributed by atoms with van der Waals surface area (Å²) in [5.41, 5.74) is 5.53. The van der Waals surface area contributed by atoms with Crippen molar-refractivity contribution in [2.45, 2.75) is 65.7 Å². The summed E-state index contributed by atoms with van der Waals surface area (Å²) in [5.74, 6) is 0.246. The molecule has 4 heteroatoms. The Hall–Kier alpha value is -3.06. The van der Waals surface area contributed by atoms with Gasteiger partial charge in [-0.1, -0.05) is 58.0 Å². The summed E-state index contributed by atoms with van der Waals surface area (Å²) in [6.45, 7) is 14.8. The van der Waals surface area contributed by atoms with Crippen molar-refractivity contribution in [2.75, 3.05) is 10.6 Å². The molecule has 2 aromatic carbocycles. The van der Waals surface area contributed by atoms with Crippen LogP contribution in [0.15, 0.2) is 54.2 Å². The second-order valence-corrected chi connectivity index (χ2v) is 10.5. The summed E-state index contributed by atoms with van der Waals surface area (Å²) < 4.78 is 0. The zero-order valence-electron chi connectivity index (χ0n) is 19.8. The number of nitrogens with zero attached hydrogens (tertiary/aromatic N) is 1. The summed E-state index contributed by atoms with van der Waals surface area (Å²) in [6, 6.07) is 16.8. The summed E-state index contributed by atoms with van der Waals surface area (Å²) in [6.07, 6.45) is 2.87. The van der Waals surface area contributed by atoms with E-state index >= 15 is 0 Å². The summed E-state index contributed by atoms with van der Waals surface area (Å²) in [5, 5.41) is 25.1. The lowest BCUT2D eigenvalue weighted by atomic mass is 9.63. The fraction of sp³-hybridized carbons (Fsp3) is 0.407. The van der Waals surface area contributed by atoms with Gasteiger partial charge in [0.2, 0.25) is 0 Å². The van der Waals surface area contributed by atoms with Gasteiger partial charge in [0.1, 0.15) is 5.84 Å². The summed E-state index contributed by atoms with van der Waals surface area (Å²) in [4.78, 5) is 0. The van der Waals surface area contributed by atoms with Gasteiger partial charge in [-0.15, -0.1) is 0 Å². The van der Waals surface area contributed by atoms with E-state index in [9.17, 15) is 5.26 Å². The predicted octanol–water partition coefficient (Wildman–Crippen LogP) is 6.89. The number of hydrogen-bond acceptors (Lipinski definition) is 3. The third-order valence-electron chi connectivity index (χ3n) is 6.15. The molecule has 0 atom stereocenters. The Kier molecular flexibility index (Phi) is 5.76. The van der Waals surface area contributed by atoms with E-state index in [1.54, 1.807) is 0 Å². The highest BCUT2D eigenvalue weighted by atomic mass is 15.0. The van der Waals surface area contributed by atoms with E-state index in [-0.39, 0.29) is 16.7 Å². The van der Waals surface area contributed by atoms with Crippen LogP contribution in [0.3, 0.4) is 0 Å². The standard InChI is InChI=1S/C27H34N4/c1-18-10-8-9-11-21(18)30-23(15-25(2,3)17-28)24(29)31-22-13-12-19-14-20(22)27(6,7)16-26(19,4)5/h8-15,30H,16H2,1-7H3,(H2,29,31)/b23-15+. The van der Waals surface area contributed by atoms with Gasteiger partial charge in [-0.05, 0) is 72.9 Å². The van der Waals surface area contributed by atoms with Crippen LogP contribution in [0, 0.1) is 29.1 Å². The van der Waals surface area contributed by atoms with Gasteiger partial charge < -0.3 is 10.6 Å². The molecule has 1 aliphatic carbocycles. The van der Waals surface area contributed by atoms with Crippen molar-refractivity contribution in [3.05, 3.63) is 70.9 Å². The van der Waals surface area contributed by atoms with E-state index < -0.39 is 5.41 Å². The minimum Gasteiger partial charge on any atom is -0.353 e. The Labute approximate surface area is 186 Å². The van der Waals surface area contributed by atoms with Gasteiger partial charge in [-0.3, -0.25) is 5.41 Å². The first-order valence-corrected chi connectivity index (χ1v) is 10.8. The van der Waals surface area contributed by atoms with Crippen LogP contribution in [0.2, 0.25) is 0 Å². The lowest BCUT2D eigenvalue weighted by Gasteiger charge is -2.42. The fourth-order valence-electron chi connectivity index (χ4n) is 4.56. The van der Waals surface area contributed by atoms with E-state index in [4.69, 9.17) is 5.41 Å². The molecule has 1 aliphatic rings. The molecule has 3 N–H and O–H groups in total. The third kappa shape index (κ3) is 4.82. The molecule has 0 saturated carbocycles. The van der Waals surface area contributed by atoms with Crippen molar-refractivity contribution >= 4 is 17.2 Å². The van der Waals surface area contributed by atoms with Gasteiger partial charge in [0, 0.05) is 11.4 Å². The predicted molar refractivity (Wildman–Crippen MR) is 131 cm³/mol. The Morgan fingerprint density at radius 2 is 1.71 bits per heavy atom. The number of fused-ring (bicyclic) bond motifs is 2. The Morgan fingerprint density at radius 1 is 1.03 bits per heavy atom. The van der Waals surface area contributed by atoms with Gasteiger partial charge in [0.05, 0.1) is 17.2 Å². The molecule has 0 spiro atoms. The van der Waals surface area contributed by atoms with Crippen molar-refractivity contribution in [1.29, 1.82) is 10.7 Å². The van der Waals surface area contributed by atoms with Crippen LogP contribution in [0.1, 0.15) is 64.7 Å². The monoisotopic (exact) mass is 414 g/mol. The maximum absolute atomic E-state index is 9.56. The van der Waals surface area contributed by atoms with Crippen LogP contribution in [-0.2, 0) is 10.8 Å². The van der Waals surface area contributed by atoms with Crippen molar-refractivity contribution in [3.8, 4) is 6.07 Å². The van der Waals surface area contributed by atoms with Crippen LogP contribution >= 0.6 is 0 Å². The highest BCUT2D eigenvalue weighted by molar-refractivity contribution is 6.08. The maximum atomic E-state index is 9.56. The SMILES string of the molecule is Cc1ccccc1N/C(=C/C(C)(C)C#N)C(=N)Nc1ccc2cc1C(C)(C)CC2(C)C. The normalized spacial score (nSPS) is 16.9. The van der Waals surface area contributed by atoms with E-state index in [1.807, 2.05) is 51.1 Å². The molecule has 2 aromatic rings. The van der Waals surface area contributed by atoms with Gasteiger partial charge in [-0.25, -0.2) is 0 Å². The zero-order valence-corrected chi connectivity index (χ0v) is 19.8. The number of rotatable bonds is 5. The Balaban J connectivity index is 1.97. The number of hydrogen-bond donors (Lipinski definition) is 3. The molecular formula is C27H34N4. The number of para-hydroxylation sites is 1. The smallest absolute Gasteiger partial charge is 0.146 e. The number of benzene rings is 2. The lowest BCUT2D eigenvalue weighted by Crippen LogP contribution is -2.35. The Morgan fingerprint density at radius 3 is 2.35 bits per heavy atom. The zero-order chi connectivity index (χ0) is 23.0. The van der Waals surface area contributed by atoms with E-state index in [1.165, 1.54) is 11.1 Å². The number of nitrogens with one attached hydrogen (secondary N) is 3. The van der Waals surface area contributed by atoms with E-state index in [0.717, 1.165) is 23.4 Å². The van der Waals surface area contributed by atoms with Gasteiger partial charge >= 0.3 is 0 Å². The topological polar surface area (TPSA) is 71.7 Å². The van der Waals surface area contributed by atoms with Crippen LogP contribution in [0.25, 0.3) is 0 Å². The molecule has 0 saturated heterocycles. The number of allylic oxidation sites excluding steroid dienone is 1. The molecule has 0 fully saturated rings. The second-order valence-electron chi connectivity index (χ2n) is 10.5. The number of aryl methyl sites for hydroxylation is 1. The maximum Gasteiger partial charge on any atom is 0.146 e. The molecule has 162 valence electrons. The molecule has 0 aliphatic heterocycles. The molecule has 2 bridgehead atoms. The van der Waals surface area contributed by atoms with Crippen LogP contribution in [0.4, 0.5) is 11.4 Å². The van der Waals surface area contributed by atoms with Crippen LogP contribution < -0.4 is 10.6 Å². The number of anilines is 2. The lowest BCUT2D eigenvalue weighted by molar-refractivity contribution is 0.334. The van der Waals surface area contributed by atoms with E-state index in [0.29, 0.717) is 5.70 Å². The first-order chi connectivity index (χ1) is 14.3. The van der Waals surface area contributed by atoms with E-state index in [2.05, 4.69) is 62.6 Å². The highest BCUT2D eigenvalue weighted by Crippen LogP contribution is 2.47. The molecule has 31 heavy (non-hydrogen) atoms. The minimum atomic E-state index is -0.708. The average molecular weight is 415 g/mol. The second kappa shape index (κ2) is 7.89. The van der Waals surface area contributed by atoms with Gasteiger partial charge in [0.25, 0.3) is 0 Å². The molecule has 0 amide bonds. The summed E-state index contributed by atoms with van der Waals surface area (Å²) in [7, 11) is 0. The quantitative estimate of drug-likeness (QED) is 0.368. The average Bonchev–Trinajstić information content (AvgIpc) is 2.67. The molecule has 0 radical (unpaired) electrons. The van der Waals surface area contributed by atoms with Gasteiger partial charge in [-0.2, -0.15) is 5.26 Å². The first-order valence-electron chi connectivity index (χ1n) is 10.8. The van der Waals surface area contributed by atoms with Crippen LogP contribution in [-0.4, -0.2) is 5.84 Å². The molecule has 4 nitrogen and oxygen atoms in total. The van der Waals surface area contributed by atoms with Crippen molar-refractivity contribution < 1.29 is 0 Å². The largest absolute Gasteiger partial charge is 0.353 e. The minimum absolute atomic E-state index is 0.000374. The first kappa shape index (κ1) is 22.6. The van der Waals surface area contributed by atoms with Crippen molar-refractivity contribution in [1.82, 2.24) is 0 Å². The number of nitriles is 1. The summed E-state index contributed by atoms with van der Waals surface area (Å²) >= 11 is 0. The molecule has 0 unspecified atom stereocenters. The number of amidine groups is 1. The highest BCUT2D eigenvalue weighted by Gasteiger charge is 2.38. The molecule has 3 rings (SSSR count). The van der Waals surface area contributed by atoms with Crippen molar-refractivity contribution in [3.63, 3.8) is 0 Å². The molecule has 0 heterocycles. The Bertz CT molecular complexity index is 1080. The van der Waals surface area contributed by atoms with Gasteiger partial charge in [0.15, 0.2) is 0 Å². The molecular weight excluding hydrogens is 380 g/mol.